The summed E-state index contributed by atoms with van der Waals surface area (Å²) in [6.45, 7) is 8.07. The second kappa shape index (κ2) is 18.7. The minimum atomic E-state index is -3.94. The van der Waals surface area contributed by atoms with Crippen LogP contribution in [0.4, 0.5) is 5.69 Å². The van der Waals surface area contributed by atoms with Gasteiger partial charge in [0.2, 0.25) is 0 Å². The Labute approximate surface area is 356 Å². The molecule has 0 bridgehead atoms. The number of benzene rings is 5. The van der Waals surface area contributed by atoms with Gasteiger partial charge in [-0.05, 0) is 74.7 Å². The van der Waals surface area contributed by atoms with E-state index in [1.54, 1.807) is 72.9 Å². The monoisotopic (exact) mass is 838 g/mol. The van der Waals surface area contributed by atoms with E-state index in [0.29, 0.717) is 33.1 Å². The second-order valence-electron chi connectivity index (χ2n) is 15.2. The van der Waals surface area contributed by atoms with Crippen molar-refractivity contribution in [2.75, 3.05) is 5.32 Å². The van der Waals surface area contributed by atoms with E-state index in [0.717, 1.165) is 11.1 Å². The lowest BCUT2D eigenvalue weighted by atomic mass is 9.92. The number of carbonyl (C=O) groups excluding carboxylic acids is 1. The first-order chi connectivity index (χ1) is 29.0. The number of hydrogen-bond donors (Lipinski definition) is 3. The second-order valence-corrected chi connectivity index (χ2v) is 17.9. The fraction of sp³-hybridized carbons (Fsp3) is 0.208. The van der Waals surface area contributed by atoms with Crippen molar-refractivity contribution in [2.45, 2.75) is 63.9 Å². The van der Waals surface area contributed by atoms with Crippen LogP contribution >= 0.6 is 19.2 Å². The van der Waals surface area contributed by atoms with Crippen molar-refractivity contribution in [3.8, 4) is 0 Å². The minimum Gasteiger partial charge on any atom is -0.480 e. The topological polar surface area (TPSA) is 127 Å². The number of hydrogen-bond acceptors (Lipinski definition) is 5. The van der Waals surface area contributed by atoms with Crippen LogP contribution in [0, 0.1) is 0 Å². The molecule has 2 heterocycles. The average molecular weight is 839 g/mol. The molecule has 4 atom stereocenters. The van der Waals surface area contributed by atoms with Crippen LogP contribution in [0.25, 0.3) is 0 Å². The minimum absolute atomic E-state index is 0.217. The van der Waals surface area contributed by atoms with Crippen molar-refractivity contribution in [3.63, 3.8) is 0 Å². The molecule has 1 amide bonds. The number of aromatic nitrogens is 1. The summed E-state index contributed by atoms with van der Waals surface area (Å²) in [5, 5.41) is 18.3. The number of pyridine rings is 1. The number of rotatable bonds is 14. The van der Waals surface area contributed by atoms with Gasteiger partial charge < -0.3 is 10.4 Å². The van der Waals surface area contributed by atoms with E-state index >= 15 is 4.57 Å². The number of carboxylic acids is 1. The van der Waals surface area contributed by atoms with Crippen LogP contribution in [-0.4, -0.2) is 55.1 Å². The van der Waals surface area contributed by atoms with Gasteiger partial charge in [0.25, 0.3) is 13.5 Å². The zero-order chi connectivity index (χ0) is 42.4. The highest BCUT2D eigenvalue weighted by atomic mass is 35.5. The van der Waals surface area contributed by atoms with Crippen LogP contribution < -0.4 is 10.4 Å². The highest BCUT2D eigenvalue weighted by Crippen LogP contribution is 2.69. The van der Waals surface area contributed by atoms with Gasteiger partial charge in [0, 0.05) is 34.4 Å². The maximum Gasteiger partial charge on any atom is 0.330 e. The molecule has 0 unspecified atom stereocenters. The van der Waals surface area contributed by atoms with Crippen molar-refractivity contribution in [2.24, 2.45) is 4.99 Å². The molecule has 3 N–H and O–H groups in total. The van der Waals surface area contributed by atoms with E-state index in [2.05, 4.69) is 39.7 Å². The molecule has 1 aliphatic heterocycles. The van der Waals surface area contributed by atoms with Gasteiger partial charge >= 0.3 is 5.97 Å². The SMILES string of the molecule is CC(C)N1[C@H](c2ccccc2)[C@@H](c2ccccc2)N(C(C)C)P1(=O)N[C@@H](c1ccc(Cl)cc1)[C@@H](N=C(c1ccccc1)c1ccccc1NC(=O)c1ccccn1)C(=O)O. The Hall–Kier alpha value is -5.74. The number of nitrogens with zero attached hydrogens (tertiary/aromatic N) is 4. The molecule has 0 saturated carbocycles. The number of aliphatic carboxylic acids is 1. The normalized spacial score (nSPS) is 18.0. The molecule has 1 aliphatic rings. The summed E-state index contributed by atoms with van der Waals surface area (Å²) in [7, 11) is -3.94. The van der Waals surface area contributed by atoms with Crippen molar-refractivity contribution in [3.05, 3.63) is 202 Å². The molecule has 6 aromatic rings. The largest absolute Gasteiger partial charge is 0.480 e. The molecule has 5 aromatic carbocycles. The van der Waals surface area contributed by atoms with E-state index in [4.69, 9.17) is 16.6 Å². The van der Waals surface area contributed by atoms with E-state index < -0.39 is 31.6 Å². The first-order valence-corrected chi connectivity index (χ1v) is 22.0. The van der Waals surface area contributed by atoms with Crippen LogP contribution in [0.5, 0.6) is 0 Å². The van der Waals surface area contributed by atoms with Crippen LogP contribution in [0.2, 0.25) is 5.02 Å². The van der Waals surface area contributed by atoms with Crippen LogP contribution in [0.3, 0.4) is 0 Å². The van der Waals surface area contributed by atoms with Crippen molar-refractivity contribution >= 4 is 42.5 Å². The molecule has 10 nitrogen and oxygen atoms in total. The van der Waals surface area contributed by atoms with Gasteiger partial charge in [0.05, 0.1) is 29.5 Å². The molecule has 7 rings (SSSR count). The first kappa shape index (κ1) is 42.4. The van der Waals surface area contributed by atoms with Gasteiger partial charge in [-0.25, -0.2) is 19.2 Å². The Morgan fingerprint density at radius 2 is 1.22 bits per heavy atom. The zero-order valence-corrected chi connectivity index (χ0v) is 35.5. The van der Waals surface area contributed by atoms with E-state index in [1.165, 1.54) is 0 Å². The van der Waals surface area contributed by atoms with Crippen LogP contribution in [0.1, 0.15) is 84.1 Å². The van der Waals surface area contributed by atoms with Crippen LogP contribution in [0.15, 0.2) is 169 Å². The van der Waals surface area contributed by atoms with E-state index in [9.17, 15) is 14.7 Å². The molecule has 60 heavy (non-hydrogen) atoms. The van der Waals surface area contributed by atoms with Gasteiger partial charge in [0.15, 0.2) is 6.04 Å². The fourth-order valence-corrected chi connectivity index (χ4v) is 11.8. The smallest absolute Gasteiger partial charge is 0.330 e. The summed E-state index contributed by atoms with van der Waals surface area (Å²) in [6.07, 6.45) is 1.54. The van der Waals surface area contributed by atoms with Crippen LogP contribution in [-0.2, 0) is 9.36 Å². The molecular weight excluding hydrogens is 791 g/mol. The summed E-state index contributed by atoms with van der Waals surface area (Å²) in [4.78, 5) is 36.7. The molecular formula is C48H48ClN6O4P. The molecule has 1 fully saturated rings. The quantitative estimate of drug-likeness (QED) is 0.0731. The third kappa shape index (κ3) is 8.89. The van der Waals surface area contributed by atoms with Gasteiger partial charge in [0.1, 0.15) is 5.69 Å². The Bertz CT molecular complexity index is 2410. The third-order valence-corrected chi connectivity index (χ3v) is 14.1. The molecule has 1 saturated heterocycles. The Morgan fingerprint density at radius 3 is 1.73 bits per heavy atom. The summed E-state index contributed by atoms with van der Waals surface area (Å²) < 4.78 is 20.7. The summed E-state index contributed by atoms with van der Waals surface area (Å²) in [5.74, 6) is -1.68. The summed E-state index contributed by atoms with van der Waals surface area (Å²) in [5.41, 5.74) is 4.54. The number of nitrogens with one attached hydrogen (secondary N) is 2. The molecule has 0 aliphatic carbocycles. The number of para-hydroxylation sites is 1. The van der Waals surface area contributed by atoms with Crippen molar-refractivity contribution < 1.29 is 19.3 Å². The number of aliphatic imine (C=N–C) groups is 1. The standard InChI is InChI=1S/C48H48ClN6O4P/c1-32(2)54-45(36-20-10-6-11-21-36)46(37-22-12-7-13-23-37)55(33(3)4)60(54,59)53-43(35-27-29-38(49)30-28-35)44(48(57)58)52-42(34-18-8-5-9-19-34)39-24-14-15-25-40(39)51-47(56)41-26-16-17-31-50-41/h5-33,43-46H,1-4H3,(H,51,56)(H,53,59)(H,57,58)/t43-,44+,45+,46+/m0/s1. The van der Waals surface area contributed by atoms with Gasteiger partial charge in [-0.2, -0.15) is 0 Å². The van der Waals surface area contributed by atoms with E-state index in [1.807, 2.05) is 104 Å². The molecule has 306 valence electrons. The highest BCUT2D eigenvalue weighted by Gasteiger charge is 2.59. The lowest BCUT2D eigenvalue weighted by molar-refractivity contribution is -0.139. The van der Waals surface area contributed by atoms with Crippen molar-refractivity contribution in [1.82, 2.24) is 19.4 Å². The molecule has 0 radical (unpaired) electrons. The lowest BCUT2D eigenvalue weighted by Crippen LogP contribution is -2.42. The summed E-state index contributed by atoms with van der Waals surface area (Å²) >= 11 is 6.43. The number of carbonyl (C=O) groups is 2. The molecule has 0 spiro atoms. The van der Waals surface area contributed by atoms with Gasteiger partial charge in [-0.3, -0.25) is 19.3 Å². The molecule has 12 heteroatoms. The predicted molar refractivity (Wildman–Crippen MR) is 239 cm³/mol. The highest BCUT2D eigenvalue weighted by molar-refractivity contribution is 7.57. The van der Waals surface area contributed by atoms with Gasteiger partial charge in [-0.15, -0.1) is 0 Å². The maximum absolute atomic E-state index is 16.7. The Balaban J connectivity index is 1.43. The average Bonchev–Trinajstić information content (AvgIpc) is 3.54. The fourth-order valence-electron chi connectivity index (χ4n) is 8.09. The van der Waals surface area contributed by atoms with Gasteiger partial charge in [-0.1, -0.05) is 139 Å². The lowest BCUT2D eigenvalue weighted by Gasteiger charge is -2.39. The number of halogens is 1. The number of carboxylic acid groups (broad SMARTS) is 1. The zero-order valence-electron chi connectivity index (χ0n) is 33.8. The predicted octanol–water partition coefficient (Wildman–Crippen LogP) is 10.6. The number of amides is 1. The Morgan fingerprint density at radius 1 is 0.700 bits per heavy atom. The van der Waals surface area contributed by atoms with Crippen molar-refractivity contribution in [1.29, 1.82) is 0 Å². The maximum atomic E-state index is 16.7. The van der Waals surface area contributed by atoms with E-state index in [-0.39, 0.29) is 29.9 Å². The summed E-state index contributed by atoms with van der Waals surface area (Å²) in [6, 6.07) is 44.5. The first-order valence-electron chi connectivity index (χ1n) is 20.0. The Kier molecular flexibility index (Phi) is 13.2. The third-order valence-electron chi connectivity index (χ3n) is 10.6. The molecule has 1 aromatic heterocycles. The number of anilines is 1.